The molecule has 78 valence electrons. The van der Waals surface area contributed by atoms with Crippen molar-refractivity contribution in [3.63, 3.8) is 0 Å². The van der Waals surface area contributed by atoms with Crippen LogP contribution in [0, 0.1) is 11.8 Å². The molecule has 1 fully saturated rings. The van der Waals surface area contributed by atoms with Crippen molar-refractivity contribution in [2.45, 2.75) is 32.7 Å². The maximum atomic E-state index is 12.0. The highest BCUT2D eigenvalue weighted by atomic mass is 28.3. The molecule has 0 bridgehead atoms. The van der Waals surface area contributed by atoms with E-state index in [1.54, 1.807) is 0 Å². The van der Waals surface area contributed by atoms with Crippen LogP contribution < -0.4 is 0 Å². The molecule has 0 amide bonds. The molecule has 0 N–H and O–H groups in total. The molecule has 2 aliphatic rings. The molecule has 2 nitrogen and oxygen atoms in total. The number of carbonyl (C=O) groups excluding carboxylic acids is 1. The van der Waals surface area contributed by atoms with Gasteiger partial charge in [-0.1, -0.05) is 32.6 Å². The van der Waals surface area contributed by atoms with Crippen LogP contribution in [0.3, 0.4) is 0 Å². The number of ether oxygens (including phenoxy) is 1. The third-order valence-corrected chi connectivity index (χ3v) is 5.27. The maximum absolute atomic E-state index is 12.0. The number of hydrogen-bond acceptors (Lipinski definition) is 2. The predicted octanol–water partition coefficient (Wildman–Crippen LogP) is 2.02. The first-order valence-electron chi connectivity index (χ1n) is 5.29. The van der Waals surface area contributed by atoms with Crippen LogP contribution in [0.2, 0.25) is 19.6 Å². The van der Waals surface area contributed by atoms with Gasteiger partial charge in [-0.25, -0.2) is 0 Å². The van der Waals surface area contributed by atoms with Crippen LogP contribution in [0.25, 0.3) is 0 Å². The fourth-order valence-electron chi connectivity index (χ4n) is 2.33. The fraction of sp³-hybridized carbons (Fsp3) is 0.727. The Hall–Kier alpha value is -0.413. The molecule has 0 unspecified atom stereocenters. The topological polar surface area (TPSA) is 26.3 Å². The molecule has 3 heteroatoms. The summed E-state index contributed by atoms with van der Waals surface area (Å²) in [6.07, 6.45) is 2.07. The smallest absolute Gasteiger partial charge is 0.183 e. The van der Waals surface area contributed by atoms with E-state index in [4.69, 9.17) is 4.74 Å². The van der Waals surface area contributed by atoms with Gasteiger partial charge < -0.3 is 4.74 Å². The molecule has 0 aromatic rings. The van der Waals surface area contributed by atoms with Gasteiger partial charge in [0.2, 0.25) is 0 Å². The molecule has 1 saturated heterocycles. The molecule has 0 aromatic heterocycles. The molecule has 14 heavy (non-hydrogen) atoms. The lowest BCUT2D eigenvalue weighted by atomic mass is 9.95. The van der Waals surface area contributed by atoms with Gasteiger partial charge >= 0.3 is 0 Å². The van der Waals surface area contributed by atoms with E-state index in [0.29, 0.717) is 11.8 Å². The largest absolute Gasteiger partial charge is 0.369 e. The summed E-state index contributed by atoms with van der Waals surface area (Å²) in [5.41, 5.74) is 0. The zero-order valence-electron chi connectivity index (χ0n) is 9.33. The molecule has 1 heterocycles. The first kappa shape index (κ1) is 10.1. The van der Waals surface area contributed by atoms with E-state index in [1.165, 1.54) is 0 Å². The van der Waals surface area contributed by atoms with E-state index in [9.17, 15) is 4.79 Å². The highest BCUT2D eigenvalue weighted by Gasteiger charge is 2.46. The van der Waals surface area contributed by atoms with Crippen molar-refractivity contribution < 1.29 is 9.53 Å². The quantitative estimate of drug-likeness (QED) is 0.619. The van der Waals surface area contributed by atoms with E-state index in [1.807, 2.05) is 0 Å². The molecular formula is C11H18O2Si. The van der Waals surface area contributed by atoms with Gasteiger partial charge in [0.05, 0.1) is 14.7 Å². The van der Waals surface area contributed by atoms with E-state index in [0.717, 1.165) is 11.8 Å². The SMILES string of the molecule is C[C@@H]1CO[C@H]2C(=O)C([Si](C)(C)C)=C[C@@H]12. The van der Waals surface area contributed by atoms with Crippen LogP contribution in [-0.4, -0.2) is 26.6 Å². The van der Waals surface area contributed by atoms with Crippen LogP contribution in [0.15, 0.2) is 11.3 Å². The molecule has 2 rings (SSSR count). The zero-order chi connectivity index (χ0) is 10.5. The van der Waals surface area contributed by atoms with Gasteiger partial charge in [0.1, 0.15) is 6.10 Å². The average molecular weight is 210 g/mol. The Morgan fingerprint density at radius 3 is 2.57 bits per heavy atom. The second-order valence-corrected chi connectivity index (χ2v) is 10.5. The van der Waals surface area contributed by atoms with Gasteiger partial charge in [-0.15, -0.1) is 0 Å². The van der Waals surface area contributed by atoms with E-state index >= 15 is 0 Å². The van der Waals surface area contributed by atoms with Gasteiger partial charge in [-0.05, 0) is 11.1 Å². The Balaban J connectivity index is 2.31. The van der Waals surface area contributed by atoms with Crippen molar-refractivity contribution in [2.75, 3.05) is 6.61 Å². The Bertz CT molecular complexity index is 301. The standard InChI is InChI=1S/C11H18O2Si/c1-7-6-13-11-8(7)5-9(10(11)12)14(2,3)4/h5,7-8,11H,6H2,1-4H3/t7-,8+,11-/m1/s1. The van der Waals surface area contributed by atoms with Crippen molar-refractivity contribution >= 4 is 13.9 Å². The van der Waals surface area contributed by atoms with Crippen LogP contribution in [0.1, 0.15) is 6.92 Å². The molecule has 1 aliphatic heterocycles. The van der Waals surface area contributed by atoms with E-state index in [2.05, 4.69) is 32.6 Å². The van der Waals surface area contributed by atoms with Gasteiger partial charge in [0.15, 0.2) is 5.78 Å². The number of hydrogen-bond donors (Lipinski definition) is 0. The molecular weight excluding hydrogens is 192 g/mol. The summed E-state index contributed by atoms with van der Waals surface area (Å²) < 4.78 is 5.55. The number of Topliss-reactive ketones (excluding diaryl/α,β-unsaturated/α-hetero) is 1. The number of ketones is 1. The highest BCUT2D eigenvalue weighted by Crippen LogP contribution is 2.38. The minimum Gasteiger partial charge on any atom is -0.369 e. The second-order valence-electron chi connectivity index (χ2n) is 5.50. The van der Waals surface area contributed by atoms with Crippen LogP contribution in [0.5, 0.6) is 0 Å². The van der Waals surface area contributed by atoms with Crippen molar-refractivity contribution in [2.24, 2.45) is 11.8 Å². The van der Waals surface area contributed by atoms with Crippen LogP contribution >= 0.6 is 0 Å². The Morgan fingerprint density at radius 2 is 2.07 bits per heavy atom. The van der Waals surface area contributed by atoms with Gasteiger partial charge in [0, 0.05) is 5.92 Å². The lowest BCUT2D eigenvalue weighted by Gasteiger charge is -2.17. The van der Waals surface area contributed by atoms with Gasteiger partial charge in [0.25, 0.3) is 0 Å². The molecule has 0 aromatic carbocycles. The third kappa shape index (κ3) is 1.39. The summed E-state index contributed by atoms with van der Waals surface area (Å²) >= 11 is 0. The van der Waals surface area contributed by atoms with Crippen molar-refractivity contribution in [3.8, 4) is 0 Å². The lowest BCUT2D eigenvalue weighted by molar-refractivity contribution is -0.123. The number of carbonyl (C=O) groups is 1. The van der Waals surface area contributed by atoms with E-state index in [-0.39, 0.29) is 11.9 Å². The monoisotopic (exact) mass is 210 g/mol. The lowest BCUT2D eigenvalue weighted by Crippen LogP contribution is -2.32. The summed E-state index contributed by atoms with van der Waals surface area (Å²) in [6.45, 7) is 9.59. The Kier molecular flexibility index (Phi) is 2.19. The summed E-state index contributed by atoms with van der Waals surface area (Å²) in [4.78, 5) is 12.0. The van der Waals surface area contributed by atoms with Crippen LogP contribution in [0.4, 0.5) is 0 Å². The second kappa shape index (κ2) is 3.04. The number of fused-ring (bicyclic) bond motifs is 1. The van der Waals surface area contributed by atoms with Crippen LogP contribution in [-0.2, 0) is 9.53 Å². The van der Waals surface area contributed by atoms with E-state index < -0.39 is 8.07 Å². The Morgan fingerprint density at radius 1 is 1.43 bits per heavy atom. The maximum Gasteiger partial charge on any atom is 0.183 e. The first-order chi connectivity index (χ1) is 6.41. The molecule has 0 radical (unpaired) electrons. The summed E-state index contributed by atoms with van der Waals surface area (Å²) in [5, 5.41) is 1.10. The fourth-order valence-corrected chi connectivity index (χ4v) is 3.90. The van der Waals surface area contributed by atoms with Crippen molar-refractivity contribution in [1.29, 1.82) is 0 Å². The minimum atomic E-state index is -1.45. The summed E-state index contributed by atoms with van der Waals surface area (Å²) in [7, 11) is -1.45. The summed E-state index contributed by atoms with van der Waals surface area (Å²) in [6, 6.07) is 0. The molecule has 0 saturated carbocycles. The number of rotatable bonds is 1. The normalized spacial score (nSPS) is 37.3. The average Bonchev–Trinajstić information content (AvgIpc) is 2.54. The first-order valence-corrected chi connectivity index (χ1v) is 8.79. The van der Waals surface area contributed by atoms with Crippen molar-refractivity contribution in [3.05, 3.63) is 11.3 Å². The predicted molar refractivity (Wildman–Crippen MR) is 58.8 cm³/mol. The molecule has 0 spiro atoms. The molecule has 3 atom stereocenters. The van der Waals surface area contributed by atoms with Gasteiger partial charge in [-0.3, -0.25) is 4.79 Å². The summed E-state index contributed by atoms with van der Waals surface area (Å²) in [5.74, 6) is 1.15. The van der Waals surface area contributed by atoms with Crippen molar-refractivity contribution in [1.82, 2.24) is 0 Å². The highest BCUT2D eigenvalue weighted by molar-refractivity contribution is 6.87. The molecule has 1 aliphatic carbocycles. The Labute approximate surface area is 86.3 Å². The minimum absolute atomic E-state index is 0.133. The third-order valence-electron chi connectivity index (χ3n) is 3.24. The van der Waals surface area contributed by atoms with Gasteiger partial charge in [-0.2, -0.15) is 0 Å². The zero-order valence-corrected chi connectivity index (χ0v) is 10.3.